The Balaban J connectivity index is 2.10. The minimum Gasteiger partial charge on any atom is -0.472 e. The topological polar surface area (TPSA) is 43.2 Å². The number of hydrogen-bond donors (Lipinski definition) is 0. The summed E-state index contributed by atoms with van der Waals surface area (Å²) in [6.45, 7) is 5.30. The highest BCUT2D eigenvalue weighted by atomic mass is 16.5. The molecule has 0 aliphatic carbocycles. The smallest absolute Gasteiger partial charge is 0.273 e. The lowest BCUT2D eigenvalue weighted by Crippen LogP contribution is -2.14. The maximum absolute atomic E-state index is 5.29. The van der Waals surface area contributed by atoms with Crippen molar-refractivity contribution in [3.8, 4) is 0 Å². The third kappa shape index (κ3) is 1.29. The summed E-state index contributed by atoms with van der Waals surface area (Å²) in [5.41, 5.74) is 0. The summed E-state index contributed by atoms with van der Waals surface area (Å²) in [6, 6.07) is 0.476. The molecule has 1 unspecified atom stereocenters. The molecule has 0 radical (unpaired) electrons. The molecule has 0 spiro atoms. The van der Waals surface area contributed by atoms with Gasteiger partial charge in [0.15, 0.2) is 0 Å². The lowest BCUT2D eigenvalue weighted by molar-refractivity contribution is 0.299. The fraction of sp³-hybridized carbons (Fsp3) is 0.750. The van der Waals surface area contributed by atoms with Crippen molar-refractivity contribution in [2.75, 3.05) is 13.2 Å². The van der Waals surface area contributed by atoms with E-state index in [0.29, 0.717) is 25.0 Å². The van der Waals surface area contributed by atoms with Gasteiger partial charge < -0.3 is 9.47 Å². The first kappa shape index (κ1) is 7.58. The Morgan fingerprint density at radius 3 is 1.67 bits per heavy atom. The molecule has 2 aliphatic heterocycles. The van der Waals surface area contributed by atoms with Crippen molar-refractivity contribution in [3.63, 3.8) is 0 Å². The van der Waals surface area contributed by atoms with E-state index in [1.54, 1.807) is 0 Å². The van der Waals surface area contributed by atoms with Crippen molar-refractivity contribution in [2.24, 2.45) is 9.98 Å². The van der Waals surface area contributed by atoms with E-state index in [1.165, 1.54) is 0 Å². The zero-order valence-electron chi connectivity index (χ0n) is 7.28. The zero-order chi connectivity index (χ0) is 8.55. The van der Waals surface area contributed by atoms with Crippen LogP contribution < -0.4 is 0 Å². The van der Waals surface area contributed by atoms with Crippen molar-refractivity contribution in [1.82, 2.24) is 0 Å². The van der Waals surface area contributed by atoms with Gasteiger partial charge in [0.2, 0.25) is 0 Å². The summed E-state index contributed by atoms with van der Waals surface area (Å²) in [6.07, 6.45) is 0. The zero-order valence-corrected chi connectivity index (χ0v) is 7.28. The summed E-state index contributed by atoms with van der Waals surface area (Å²) >= 11 is 0. The fourth-order valence-electron chi connectivity index (χ4n) is 1.18. The van der Waals surface area contributed by atoms with Gasteiger partial charge in [-0.1, -0.05) is 0 Å². The molecule has 0 aromatic carbocycles. The minimum atomic E-state index is 0.238. The number of ether oxygens (including phenoxy) is 2. The van der Waals surface area contributed by atoms with Gasteiger partial charge in [-0.25, -0.2) is 9.98 Å². The Bertz CT molecular complexity index is 221. The molecule has 0 amide bonds. The largest absolute Gasteiger partial charge is 0.472 e. The Hall–Kier alpha value is -1.06. The van der Waals surface area contributed by atoms with Crippen LogP contribution in [0.1, 0.15) is 13.8 Å². The van der Waals surface area contributed by atoms with Gasteiger partial charge in [-0.3, -0.25) is 0 Å². The summed E-state index contributed by atoms with van der Waals surface area (Å²) in [5.74, 6) is 1.15. The van der Waals surface area contributed by atoms with Crippen LogP contribution in [-0.2, 0) is 9.47 Å². The highest BCUT2D eigenvalue weighted by molar-refractivity contribution is 6.36. The maximum atomic E-state index is 5.29. The minimum absolute atomic E-state index is 0.238. The van der Waals surface area contributed by atoms with E-state index in [0.717, 1.165) is 0 Å². The molecule has 0 N–H and O–H groups in total. The van der Waals surface area contributed by atoms with Crippen molar-refractivity contribution in [1.29, 1.82) is 0 Å². The molecular weight excluding hydrogens is 156 g/mol. The van der Waals surface area contributed by atoms with Gasteiger partial charge in [0, 0.05) is 0 Å². The van der Waals surface area contributed by atoms with E-state index >= 15 is 0 Å². The van der Waals surface area contributed by atoms with Gasteiger partial charge in [0.05, 0.1) is 12.1 Å². The second-order valence-corrected chi connectivity index (χ2v) is 3.19. The quantitative estimate of drug-likeness (QED) is 0.576. The van der Waals surface area contributed by atoms with Gasteiger partial charge in [-0.15, -0.1) is 0 Å². The molecular formula is C8H12N2O2. The molecule has 4 nitrogen and oxygen atoms in total. The standard InChI is InChI=1S/C8H12N2O2/c1-5-3-11-7(9-5)8-10-6(2)4-12-8/h5-6H,3-4H2,1-2H3/t5-,6?/m1/s1. The van der Waals surface area contributed by atoms with Crippen LogP contribution in [0.2, 0.25) is 0 Å². The number of nitrogens with zero attached hydrogens (tertiary/aromatic N) is 2. The average Bonchev–Trinajstić information content (AvgIpc) is 2.58. The molecule has 2 rings (SSSR count). The molecule has 0 aromatic rings. The summed E-state index contributed by atoms with van der Waals surface area (Å²) in [4.78, 5) is 8.49. The van der Waals surface area contributed by atoms with E-state index in [9.17, 15) is 0 Å². The molecule has 4 heteroatoms. The first-order chi connectivity index (χ1) is 5.75. The molecule has 0 aromatic heterocycles. The summed E-state index contributed by atoms with van der Waals surface area (Å²) < 4.78 is 10.6. The Kier molecular flexibility index (Phi) is 1.75. The van der Waals surface area contributed by atoms with E-state index in [4.69, 9.17) is 9.47 Å². The van der Waals surface area contributed by atoms with Gasteiger partial charge >= 0.3 is 0 Å². The third-order valence-electron chi connectivity index (χ3n) is 1.78. The van der Waals surface area contributed by atoms with Gasteiger partial charge in [-0.05, 0) is 13.8 Å². The second-order valence-electron chi connectivity index (χ2n) is 3.19. The summed E-state index contributed by atoms with van der Waals surface area (Å²) in [5, 5.41) is 0. The Labute approximate surface area is 71.3 Å². The van der Waals surface area contributed by atoms with Crippen LogP contribution in [0.25, 0.3) is 0 Å². The second kappa shape index (κ2) is 2.77. The van der Waals surface area contributed by atoms with Crippen LogP contribution in [0.3, 0.4) is 0 Å². The molecule has 0 saturated heterocycles. The van der Waals surface area contributed by atoms with E-state index in [-0.39, 0.29) is 12.1 Å². The molecule has 0 fully saturated rings. The number of hydrogen-bond acceptors (Lipinski definition) is 4. The third-order valence-corrected chi connectivity index (χ3v) is 1.78. The predicted molar refractivity (Wildman–Crippen MR) is 45.7 cm³/mol. The van der Waals surface area contributed by atoms with Gasteiger partial charge in [0.25, 0.3) is 11.8 Å². The first-order valence-electron chi connectivity index (χ1n) is 4.17. The predicted octanol–water partition coefficient (Wildman–Crippen LogP) is 0.621. The van der Waals surface area contributed by atoms with Crippen LogP contribution in [0, 0.1) is 0 Å². The molecule has 0 saturated carbocycles. The molecule has 66 valence electrons. The molecule has 0 bridgehead atoms. The van der Waals surface area contributed by atoms with E-state index < -0.39 is 0 Å². The molecule has 2 atom stereocenters. The van der Waals surface area contributed by atoms with Crippen molar-refractivity contribution < 1.29 is 9.47 Å². The first-order valence-corrected chi connectivity index (χ1v) is 4.17. The highest BCUT2D eigenvalue weighted by Gasteiger charge is 2.25. The summed E-state index contributed by atoms with van der Waals surface area (Å²) in [7, 11) is 0. The number of rotatable bonds is 1. The van der Waals surface area contributed by atoms with Gasteiger partial charge in [0.1, 0.15) is 13.2 Å². The number of aliphatic imine (C=N–C) groups is 2. The van der Waals surface area contributed by atoms with Crippen LogP contribution >= 0.6 is 0 Å². The highest BCUT2D eigenvalue weighted by Crippen LogP contribution is 2.10. The normalized spacial score (nSPS) is 33.8. The molecule has 2 aliphatic rings. The van der Waals surface area contributed by atoms with Crippen LogP contribution in [0.5, 0.6) is 0 Å². The fourth-order valence-corrected chi connectivity index (χ4v) is 1.18. The van der Waals surface area contributed by atoms with Crippen molar-refractivity contribution in [2.45, 2.75) is 25.9 Å². The lowest BCUT2D eigenvalue weighted by Gasteiger charge is -1.99. The van der Waals surface area contributed by atoms with Crippen LogP contribution in [0.4, 0.5) is 0 Å². The Morgan fingerprint density at radius 2 is 1.42 bits per heavy atom. The maximum Gasteiger partial charge on any atom is 0.273 e. The van der Waals surface area contributed by atoms with E-state index in [1.807, 2.05) is 13.8 Å². The van der Waals surface area contributed by atoms with Crippen molar-refractivity contribution in [3.05, 3.63) is 0 Å². The molecule has 2 heterocycles. The van der Waals surface area contributed by atoms with Crippen molar-refractivity contribution >= 4 is 11.8 Å². The van der Waals surface area contributed by atoms with Crippen LogP contribution in [-0.4, -0.2) is 37.1 Å². The Morgan fingerprint density at radius 1 is 1.00 bits per heavy atom. The van der Waals surface area contributed by atoms with Gasteiger partial charge in [-0.2, -0.15) is 0 Å². The molecule has 12 heavy (non-hydrogen) atoms. The van der Waals surface area contributed by atoms with E-state index in [2.05, 4.69) is 9.98 Å². The lowest BCUT2D eigenvalue weighted by atomic mass is 10.4. The monoisotopic (exact) mass is 168 g/mol. The van der Waals surface area contributed by atoms with Crippen LogP contribution in [0.15, 0.2) is 9.98 Å². The SMILES string of the molecule is CC1COC(C2=N[C@H](C)CO2)=N1. The average molecular weight is 168 g/mol.